The van der Waals surface area contributed by atoms with Gasteiger partial charge in [0.1, 0.15) is 5.71 Å². The van der Waals surface area contributed by atoms with Gasteiger partial charge in [0.05, 0.1) is 5.69 Å². The van der Waals surface area contributed by atoms with E-state index in [4.69, 9.17) is 4.84 Å². The quantitative estimate of drug-likeness (QED) is 0.640. The van der Waals surface area contributed by atoms with Crippen LogP contribution in [-0.2, 0) is 4.84 Å². The molecule has 13 heavy (non-hydrogen) atoms. The molecule has 0 aromatic carbocycles. The lowest BCUT2D eigenvalue weighted by molar-refractivity contribution is 0.120. The summed E-state index contributed by atoms with van der Waals surface area (Å²) in [5.74, 6) is 0. The number of pyridine rings is 1. The Morgan fingerprint density at radius 3 is 3.08 bits per heavy atom. The van der Waals surface area contributed by atoms with E-state index in [1.165, 1.54) is 0 Å². The van der Waals surface area contributed by atoms with Crippen molar-refractivity contribution in [3.05, 3.63) is 42.7 Å². The molecule has 0 spiro atoms. The second-order valence-corrected chi connectivity index (χ2v) is 2.84. The molecule has 2 heterocycles. The van der Waals surface area contributed by atoms with Gasteiger partial charge in [-0.1, -0.05) is 17.8 Å². The third-order valence-corrected chi connectivity index (χ3v) is 1.92. The average Bonchev–Trinajstić information content (AvgIpc) is 2.67. The minimum absolute atomic E-state index is 0.0111. The van der Waals surface area contributed by atoms with Gasteiger partial charge in [-0.2, -0.15) is 0 Å². The summed E-state index contributed by atoms with van der Waals surface area (Å²) < 4.78 is 0. The van der Waals surface area contributed by atoms with Crippen LogP contribution in [0.25, 0.3) is 0 Å². The zero-order chi connectivity index (χ0) is 9.10. The van der Waals surface area contributed by atoms with Gasteiger partial charge in [0.25, 0.3) is 0 Å². The first kappa shape index (κ1) is 7.98. The van der Waals surface area contributed by atoms with Gasteiger partial charge in [-0.25, -0.2) is 0 Å². The number of nitrogens with zero attached hydrogens (tertiary/aromatic N) is 2. The molecular formula is C10H10N2O. The number of hydrogen-bond donors (Lipinski definition) is 0. The van der Waals surface area contributed by atoms with Crippen molar-refractivity contribution in [2.75, 3.05) is 0 Å². The third-order valence-electron chi connectivity index (χ3n) is 1.92. The van der Waals surface area contributed by atoms with Gasteiger partial charge >= 0.3 is 0 Å². The van der Waals surface area contributed by atoms with Crippen molar-refractivity contribution >= 4 is 5.71 Å². The molecule has 66 valence electrons. The van der Waals surface area contributed by atoms with Crippen molar-refractivity contribution in [1.29, 1.82) is 0 Å². The Bertz CT molecular complexity index is 332. The van der Waals surface area contributed by atoms with Gasteiger partial charge in [0, 0.05) is 12.6 Å². The summed E-state index contributed by atoms with van der Waals surface area (Å²) in [7, 11) is 0. The largest absolute Gasteiger partial charge is 0.388 e. The highest BCUT2D eigenvalue weighted by Crippen LogP contribution is 2.15. The molecule has 3 nitrogen and oxygen atoms in total. The lowest BCUT2D eigenvalue weighted by Gasteiger charge is -1.98. The van der Waals surface area contributed by atoms with Crippen LogP contribution in [0.15, 0.2) is 42.2 Å². The minimum Gasteiger partial charge on any atom is -0.388 e. The predicted octanol–water partition coefficient (Wildman–Crippen LogP) is 1.76. The first-order chi connectivity index (χ1) is 6.40. The van der Waals surface area contributed by atoms with Crippen LogP contribution in [0.3, 0.4) is 0 Å². The predicted molar refractivity (Wildman–Crippen MR) is 50.5 cm³/mol. The summed E-state index contributed by atoms with van der Waals surface area (Å²) in [4.78, 5) is 9.28. The van der Waals surface area contributed by atoms with Gasteiger partial charge in [-0.3, -0.25) is 4.98 Å². The standard InChI is InChI=1S/C10H10N2O/c1-2-8-7-10(12-13-8)9-5-3-4-6-11-9/h2-6,8H,1,7H2. The van der Waals surface area contributed by atoms with Gasteiger partial charge in [-0.15, -0.1) is 0 Å². The van der Waals surface area contributed by atoms with E-state index in [1.54, 1.807) is 12.3 Å². The fourth-order valence-corrected chi connectivity index (χ4v) is 1.21. The maximum Gasteiger partial charge on any atom is 0.151 e. The Hall–Kier alpha value is -1.64. The molecule has 1 aliphatic heterocycles. The van der Waals surface area contributed by atoms with Crippen LogP contribution in [0.4, 0.5) is 0 Å². The second kappa shape index (κ2) is 3.39. The number of hydrogen-bond acceptors (Lipinski definition) is 3. The minimum atomic E-state index is 0.0111. The van der Waals surface area contributed by atoms with Gasteiger partial charge in [0.2, 0.25) is 0 Å². The molecule has 1 aromatic rings. The highest BCUT2D eigenvalue weighted by atomic mass is 16.6. The molecule has 0 radical (unpaired) electrons. The molecule has 1 aromatic heterocycles. The summed E-state index contributed by atoms with van der Waals surface area (Å²) in [5.41, 5.74) is 1.78. The van der Waals surface area contributed by atoms with E-state index < -0.39 is 0 Å². The SMILES string of the molecule is C=CC1CC(c2ccccn2)=NO1. The highest BCUT2D eigenvalue weighted by Gasteiger charge is 2.19. The van der Waals surface area contributed by atoms with E-state index in [2.05, 4.69) is 16.7 Å². The van der Waals surface area contributed by atoms with Crippen LogP contribution in [0.1, 0.15) is 12.1 Å². The Morgan fingerprint density at radius 1 is 1.54 bits per heavy atom. The van der Waals surface area contributed by atoms with Crippen molar-refractivity contribution in [2.45, 2.75) is 12.5 Å². The van der Waals surface area contributed by atoms with Gasteiger partial charge < -0.3 is 4.84 Å². The zero-order valence-corrected chi connectivity index (χ0v) is 7.18. The number of aromatic nitrogens is 1. The summed E-state index contributed by atoms with van der Waals surface area (Å²) in [6.07, 6.45) is 4.27. The maximum atomic E-state index is 5.10. The van der Waals surface area contributed by atoms with Crippen LogP contribution >= 0.6 is 0 Å². The van der Waals surface area contributed by atoms with E-state index in [1.807, 2.05) is 18.2 Å². The van der Waals surface area contributed by atoms with E-state index in [0.717, 1.165) is 17.8 Å². The highest BCUT2D eigenvalue weighted by molar-refractivity contribution is 5.99. The van der Waals surface area contributed by atoms with Crippen molar-refractivity contribution in [3.63, 3.8) is 0 Å². The smallest absolute Gasteiger partial charge is 0.151 e. The monoisotopic (exact) mass is 174 g/mol. The van der Waals surface area contributed by atoms with Gasteiger partial charge in [0.15, 0.2) is 6.10 Å². The Kier molecular flexibility index (Phi) is 2.08. The zero-order valence-electron chi connectivity index (χ0n) is 7.18. The Labute approximate surface area is 76.7 Å². The third kappa shape index (κ3) is 1.59. The van der Waals surface area contributed by atoms with Crippen molar-refractivity contribution in [2.24, 2.45) is 5.16 Å². The molecule has 1 aliphatic rings. The Balaban J connectivity index is 2.17. The van der Waals surface area contributed by atoms with E-state index >= 15 is 0 Å². The van der Waals surface area contributed by atoms with Crippen LogP contribution in [0.5, 0.6) is 0 Å². The molecule has 0 saturated carbocycles. The molecule has 0 amide bonds. The fourth-order valence-electron chi connectivity index (χ4n) is 1.21. The van der Waals surface area contributed by atoms with Gasteiger partial charge in [-0.05, 0) is 18.2 Å². The van der Waals surface area contributed by atoms with Crippen molar-refractivity contribution in [3.8, 4) is 0 Å². The lowest BCUT2D eigenvalue weighted by atomic mass is 10.1. The van der Waals surface area contributed by atoms with Crippen molar-refractivity contribution in [1.82, 2.24) is 4.98 Å². The van der Waals surface area contributed by atoms with Crippen molar-refractivity contribution < 1.29 is 4.84 Å². The number of oxime groups is 1. The molecule has 0 N–H and O–H groups in total. The average molecular weight is 174 g/mol. The number of rotatable bonds is 2. The molecule has 0 saturated heterocycles. The van der Waals surface area contributed by atoms with Crippen LogP contribution in [0.2, 0.25) is 0 Å². The second-order valence-electron chi connectivity index (χ2n) is 2.84. The molecule has 0 bridgehead atoms. The van der Waals surface area contributed by atoms with Crippen LogP contribution in [0, 0.1) is 0 Å². The summed E-state index contributed by atoms with van der Waals surface area (Å²) in [5, 5.41) is 3.94. The van der Waals surface area contributed by atoms with E-state index in [9.17, 15) is 0 Å². The fraction of sp³-hybridized carbons (Fsp3) is 0.200. The summed E-state index contributed by atoms with van der Waals surface area (Å²) in [6.45, 7) is 3.65. The van der Waals surface area contributed by atoms with E-state index in [-0.39, 0.29) is 6.10 Å². The van der Waals surface area contributed by atoms with E-state index in [0.29, 0.717) is 0 Å². The molecule has 0 fully saturated rings. The molecular weight excluding hydrogens is 164 g/mol. The summed E-state index contributed by atoms with van der Waals surface area (Å²) >= 11 is 0. The lowest BCUT2D eigenvalue weighted by Crippen LogP contribution is -2.05. The van der Waals surface area contributed by atoms with Crippen LogP contribution in [-0.4, -0.2) is 16.8 Å². The topological polar surface area (TPSA) is 34.5 Å². The first-order valence-corrected chi connectivity index (χ1v) is 4.17. The molecule has 3 heteroatoms. The first-order valence-electron chi connectivity index (χ1n) is 4.17. The Morgan fingerprint density at radius 2 is 2.46 bits per heavy atom. The van der Waals surface area contributed by atoms with Crippen LogP contribution < -0.4 is 0 Å². The molecule has 1 unspecified atom stereocenters. The normalized spacial score (nSPS) is 20.6. The maximum absolute atomic E-state index is 5.10. The molecule has 0 aliphatic carbocycles. The molecule has 2 rings (SSSR count). The molecule has 1 atom stereocenters. The summed E-state index contributed by atoms with van der Waals surface area (Å²) in [6, 6.07) is 5.74.